The first-order valence-corrected chi connectivity index (χ1v) is 7.24. The minimum absolute atomic E-state index is 0.564. The summed E-state index contributed by atoms with van der Waals surface area (Å²) in [7, 11) is 0. The zero-order valence-electron chi connectivity index (χ0n) is 11.4. The fourth-order valence-corrected chi connectivity index (χ4v) is 3.12. The van der Waals surface area contributed by atoms with E-state index in [-0.39, 0.29) is 0 Å². The van der Waals surface area contributed by atoms with Crippen molar-refractivity contribution in [2.75, 3.05) is 32.7 Å². The number of likely N-dealkylation sites (tertiary alicyclic amines) is 2. The molecular weight excluding hydrogens is 215 g/mol. The van der Waals surface area contributed by atoms with Gasteiger partial charge in [-0.1, -0.05) is 6.42 Å². The maximum atomic E-state index is 14.7. The van der Waals surface area contributed by atoms with Gasteiger partial charge in [0.15, 0.2) is 0 Å². The second kappa shape index (κ2) is 5.66. The summed E-state index contributed by atoms with van der Waals surface area (Å²) in [6.45, 7) is 9.17. The van der Waals surface area contributed by atoms with E-state index in [1.54, 1.807) is 0 Å². The molecule has 2 aliphatic heterocycles. The predicted molar refractivity (Wildman–Crippen MR) is 70.1 cm³/mol. The Kier molecular flexibility index (Phi) is 4.42. The van der Waals surface area contributed by atoms with Crippen LogP contribution in [0.25, 0.3) is 0 Å². The van der Waals surface area contributed by atoms with Crippen LogP contribution in [0.2, 0.25) is 0 Å². The number of alkyl halides is 1. The molecule has 2 rings (SSSR count). The fourth-order valence-electron chi connectivity index (χ4n) is 3.12. The molecule has 2 nitrogen and oxygen atoms in total. The molecule has 0 aromatic carbocycles. The molecule has 2 saturated heterocycles. The van der Waals surface area contributed by atoms with E-state index >= 15 is 0 Å². The molecule has 2 fully saturated rings. The Bertz CT molecular complexity index is 228. The van der Waals surface area contributed by atoms with Gasteiger partial charge in [0.05, 0.1) is 0 Å². The van der Waals surface area contributed by atoms with Gasteiger partial charge >= 0.3 is 0 Å². The van der Waals surface area contributed by atoms with Gasteiger partial charge in [0.2, 0.25) is 0 Å². The third-order valence-electron chi connectivity index (χ3n) is 4.38. The van der Waals surface area contributed by atoms with Crippen LogP contribution in [-0.2, 0) is 0 Å². The van der Waals surface area contributed by atoms with Crippen LogP contribution >= 0.6 is 0 Å². The highest BCUT2D eigenvalue weighted by molar-refractivity contribution is 4.90. The molecule has 2 aliphatic rings. The van der Waals surface area contributed by atoms with Gasteiger partial charge in [-0.05, 0) is 52.6 Å². The lowest BCUT2D eigenvalue weighted by Gasteiger charge is -2.41. The molecule has 0 aliphatic carbocycles. The van der Waals surface area contributed by atoms with Crippen molar-refractivity contribution in [2.24, 2.45) is 0 Å². The van der Waals surface area contributed by atoms with Gasteiger partial charge in [-0.3, -0.25) is 0 Å². The summed E-state index contributed by atoms with van der Waals surface area (Å²) in [6, 6.07) is 0.564. The van der Waals surface area contributed by atoms with E-state index in [9.17, 15) is 4.39 Å². The second-order valence-corrected chi connectivity index (χ2v) is 6.12. The van der Waals surface area contributed by atoms with Crippen LogP contribution in [0.3, 0.4) is 0 Å². The summed E-state index contributed by atoms with van der Waals surface area (Å²) >= 11 is 0. The van der Waals surface area contributed by atoms with Crippen LogP contribution in [0.1, 0.15) is 46.0 Å². The number of hydrogen-bond acceptors (Lipinski definition) is 2. The topological polar surface area (TPSA) is 6.48 Å². The lowest BCUT2D eigenvalue weighted by molar-refractivity contribution is 0.0113. The van der Waals surface area contributed by atoms with Crippen molar-refractivity contribution in [1.82, 2.24) is 9.80 Å². The molecule has 0 unspecified atom stereocenters. The summed E-state index contributed by atoms with van der Waals surface area (Å²) in [6.07, 6.45) is 5.29. The number of piperidine rings is 2. The SMILES string of the molecule is CC(C)N1CCC(F)(CN2CCCCC2)CC1. The van der Waals surface area contributed by atoms with Crippen molar-refractivity contribution >= 4 is 0 Å². The summed E-state index contributed by atoms with van der Waals surface area (Å²) < 4.78 is 14.7. The summed E-state index contributed by atoms with van der Waals surface area (Å²) in [5.74, 6) is 0. The van der Waals surface area contributed by atoms with Crippen molar-refractivity contribution in [3.8, 4) is 0 Å². The summed E-state index contributed by atoms with van der Waals surface area (Å²) in [4.78, 5) is 4.74. The number of halogens is 1. The Morgan fingerprint density at radius 1 is 1.00 bits per heavy atom. The van der Waals surface area contributed by atoms with E-state index < -0.39 is 5.67 Å². The Morgan fingerprint density at radius 3 is 2.12 bits per heavy atom. The maximum Gasteiger partial charge on any atom is 0.126 e. The van der Waals surface area contributed by atoms with Gasteiger partial charge in [0.25, 0.3) is 0 Å². The number of rotatable bonds is 3. The molecule has 0 aromatic heterocycles. The van der Waals surface area contributed by atoms with Gasteiger partial charge in [-0.15, -0.1) is 0 Å². The van der Waals surface area contributed by atoms with Crippen molar-refractivity contribution in [3.63, 3.8) is 0 Å². The van der Waals surface area contributed by atoms with Crippen LogP contribution in [0.5, 0.6) is 0 Å². The second-order valence-electron chi connectivity index (χ2n) is 6.12. The first kappa shape index (κ1) is 13.3. The van der Waals surface area contributed by atoms with Crippen LogP contribution in [0.15, 0.2) is 0 Å². The molecule has 0 amide bonds. The molecule has 0 radical (unpaired) electrons. The minimum atomic E-state index is -0.914. The molecule has 0 atom stereocenters. The molecule has 0 N–H and O–H groups in total. The minimum Gasteiger partial charge on any atom is -0.301 e. The number of nitrogens with zero attached hydrogens (tertiary/aromatic N) is 2. The largest absolute Gasteiger partial charge is 0.301 e. The van der Waals surface area contributed by atoms with Crippen LogP contribution in [-0.4, -0.2) is 54.2 Å². The normalized spacial score (nSPS) is 27.5. The quantitative estimate of drug-likeness (QED) is 0.751. The zero-order valence-corrected chi connectivity index (χ0v) is 11.4. The van der Waals surface area contributed by atoms with E-state index in [1.807, 2.05) is 0 Å². The van der Waals surface area contributed by atoms with Gasteiger partial charge in [-0.25, -0.2) is 4.39 Å². The van der Waals surface area contributed by atoms with Crippen LogP contribution < -0.4 is 0 Å². The smallest absolute Gasteiger partial charge is 0.126 e. The highest BCUT2D eigenvalue weighted by Crippen LogP contribution is 2.29. The van der Waals surface area contributed by atoms with Gasteiger partial charge in [0, 0.05) is 25.7 Å². The first-order valence-electron chi connectivity index (χ1n) is 7.24. The first-order chi connectivity index (χ1) is 8.09. The third kappa shape index (κ3) is 3.65. The predicted octanol–water partition coefficient (Wildman–Crippen LogP) is 2.68. The van der Waals surface area contributed by atoms with Crippen LogP contribution in [0.4, 0.5) is 4.39 Å². The fraction of sp³-hybridized carbons (Fsp3) is 1.00. The van der Waals surface area contributed by atoms with E-state index in [1.165, 1.54) is 19.3 Å². The molecule has 2 heterocycles. The van der Waals surface area contributed by atoms with Crippen molar-refractivity contribution in [1.29, 1.82) is 0 Å². The Hall–Kier alpha value is -0.150. The lowest BCUT2D eigenvalue weighted by Crippen LogP contribution is -2.50. The van der Waals surface area contributed by atoms with Crippen molar-refractivity contribution in [3.05, 3.63) is 0 Å². The summed E-state index contributed by atoms with van der Waals surface area (Å²) in [5.41, 5.74) is -0.914. The van der Waals surface area contributed by atoms with E-state index in [0.717, 1.165) is 39.0 Å². The van der Waals surface area contributed by atoms with Crippen molar-refractivity contribution < 1.29 is 4.39 Å². The van der Waals surface area contributed by atoms with E-state index in [2.05, 4.69) is 23.6 Å². The van der Waals surface area contributed by atoms with E-state index in [0.29, 0.717) is 12.6 Å². The lowest BCUT2D eigenvalue weighted by atomic mass is 9.91. The van der Waals surface area contributed by atoms with Gasteiger partial charge in [-0.2, -0.15) is 0 Å². The zero-order chi connectivity index (χ0) is 12.3. The Morgan fingerprint density at radius 2 is 1.59 bits per heavy atom. The standard InChI is InChI=1S/C14H27FN2/c1-13(2)17-10-6-14(15,7-11-17)12-16-8-4-3-5-9-16/h13H,3-12H2,1-2H3. The third-order valence-corrected chi connectivity index (χ3v) is 4.38. The molecular formula is C14H27FN2. The molecule has 3 heteroatoms. The molecule has 0 saturated carbocycles. The highest BCUT2D eigenvalue weighted by Gasteiger charge is 2.36. The molecule has 100 valence electrons. The average Bonchev–Trinajstić information content (AvgIpc) is 2.30. The van der Waals surface area contributed by atoms with Crippen LogP contribution in [0, 0.1) is 0 Å². The number of hydrogen-bond donors (Lipinski definition) is 0. The highest BCUT2D eigenvalue weighted by atomic mass is 19.1. The molecule has 0 bridgehead atoms. The monoisotopic (exact) mass is 242 g/mol. The summed E-state index contributed by atoms with van der Waals surface area (Å²) in [5, 5.41) is 0. The maximum absolute atomic E-state index is 14.7. The molecule has 0 aromatic rings. The van der Waals surface area contributed by atoms with E-state index in [4.69, 9.17) is 0 Å². The molecule has 0 spiro atoms. The average molecular weight is 242 g/mol. The van der Waals surface area contributed by atoms with Crippen molar-refractivity contribution in [2.45, 2.75) is 57.7 Å². The Balaban J connectivity index is 1.80. The van der Waals surface area contributed by atoms with Gasteiger partial charge < -0.3 is 9.80 Å². The van der Waals surface area contributed by atoms with Gasteiger partial charge in [0.1, 0.15) is 5.67 Å². The molecule has 17 heavy (non-hydrogen) atoms. The Labute approximate surface area is 105 Å².